The second kappa shape index (κ2) is 7.31. The maximum absolute atomic E-state index is 13.4. The molecule has 1 saturated heterocycles. The number of aromatic nitrogens is 3. The Kier molecular flexibility index (Phi) is 4.82. The van der Waals surface area contributed by atoms with Crippen molar-refractivity contribution in [1.29, 1.82) is 0 Å². The van der Waals surface area contributed by atoms with Gasteiger partial charge in [-0.2, -0.15) is 5.10 Å². The van der Waals surface area contributed by atoms with E-state index in [0.717, 1.165) is 29.8 Å². The van der Waals surface area contributed by atoms with Crippen molar-refractivity contribution < 1.29 is 14.7 Å². The van der Waals surface area contributed by atoms with Crippen LogP contribution in [0.15, 0.2) is 30.3 Å². The molecule has 1 fully saturated rings. The summed E-state index contributed by atoms with van der Waals surface area (Å²) in [4.78, 5) is 30.9. The minimum atomic E-state index is -0.932. The number of aryl methyl sites for hydroxylation is 3. The third-order valence-electron chi connectivity index (χ3n) is 5.62. The summed E-state index contributed by atoms with van der Waals surface area (Å²) in [5.74, 6) is -0.783. The predicted molar refractivity (Wildman–Crippen MR) is 108 cm³/mol. The van der Waals surface area contributed by atoms with E-state index in [0.29, 0.717) is 30.0 Å². The van der Waals surface area contributed by atoms with Gasteiger partial charge in [0.1, 0.15) is 5.56 Å². The van der Waals surface area contributed by atoms with Crippen LogP contribution in [-0.4, -0.2) is 49.6 Å². The van der Waals surface area contributed by atoms with Gasteiger partial charge in [0, 0.05) is 30.4 Å². The molecule has 2 aromatic heterocycles. The van der Waals surface area contributed by atoms with E-state index in [1.807, 2.05) is 43.9 Å². The number of amides is 1. The van der Waals surface area contributed by atoms with Gasteiger partial charge < -0.3 is 10.0 Å². The van der Waals surface area contributed by atoms with Crippen molar-refractivity contribution in [2.24, 2.45) is 0 Å². The number of aromatic carboxylic acids is 1. The van der Waals surface area contributed by atoms with Gasteiger partial charge in [0.05, 0.1) is 11.3 Å². The number of rotatable bonds is 3. The normalized spacial score (nSPS) is 16.9. The fraction of sp³-hybridized carbons (Fsp3) is 0.364. The standard InChI is InChI=1S/C22H24N4O3/c1-13-11-14(2)26-20(23-13)19(15(3)24-26)21(27)25-10-4-5-18(12-25)16-6-8-17(9-7-16)22(28)29/h6-9,11,18H,4-5,10,12H2,1-3H3,(H,28,29)/t18-/m1/s1. The van der Waals surface area contributed by atoms with Gasteiger partial charge in [-0.05, 0) is 57.4 Å². The quantitative estimate of drug-likeness (QED) is 0.738. The molecule has 1 N–H and O–H groups in total. The number of carbonyl (C=O) groups is 2. The summed E-state index contributed by atoms with van der Waals surface area (Å²) in [6, 6.07) is 8.92. The second-order valence-corrected chi connectivity index (χ2v) is 7.75. The van der Waals surface area contributed by atoms with Gasteiger partial charge in [0.25, 0.3) is 5.91 Å². The van der Waals surface area contributed by atoms with Gasteiger partial charge in [0.15, 0.2) is 5.65 Å². The highest BCUT2D eigenvalue weighted by Crippen LogP contribution is 2.29. The molecule has 4 rings (SSSR count). The summed E-state index contributed by atoms with van der Waals surface area (Å²) >= 11 is 0. The Hall–Kier alpha value is -3.22. The van der Waals surface area contributed by atoms with E-state index in [1.165, 1.54) is 0 Å². The van der Waals surface area contributed by atoms with Crippen LogP contribution < -0.4 is 0 Å². The maximum Gasteiger partial charge on any atom is 0.335 e. The fourth-order valence-electron chi connectivity index (χ4n) is 4.17. The number of hydrogen-bond donors (Lipinski definition) is 1. The van der Waals surface area contributed by atoms with Crippen LogP contribution in [0, 0.1) is 20.8 Å². The topological polar surface area (TPSA) is 87.8 Å². The average molecular weight is 392 g/mol. The first kappa shape index (κ1) is 19.1. The van der Waals surface area contributed by atoms with Gasteiger partial charge in [-0.15, -0.1) is 0 Å². The molecular formula is C22H24N4O3. The monoisotopic (exact) mass is 392 g/mol. The molecule has 3 heterocycles. The first-order valence-electron chi connectivity index (χ1n) is 9.81. The van der Waals surface area contributed by atoms with E-state index < -0.39 is 5.97 Å². The van der Waals surface area contributed by atoms with Crippen molar-refractivity contribution in [3.8, 4) is 0 Å². The Morgan fingerprint density at radius 3 is 2.55 bits per heavy atom. The molecule has 0 aliphatic carbocycles. The van der Waals surface area contributed by atoms with E-state index in [1.54, 1.807) is 16.6 Å². The smallest absolute Gasteiger partial charge is 0.335 e. The summed E-state index contributed by atoms with van der Waals surface area (Å²) in [5, 5.41) is 13.6. The zero-order valence-corrected chi connectivity index (χ0v) is 16.8. The number of hydrogen-bond acceptors (Lipinski definition) is 4. The second-order valence-electron chi connectivity index (χ2n) is 7.75. The number of carbonyl (C=O) groups excluding carboxylic acids is 1. The molecule has 150 valence electrons. The lowest BCUT2D eigenvalue weighted by Gasteiger charge is -2.33. The molecule has 0 bridgehead atoms. The van der Waals surface area contributed by atoms with Crippen molar-refractivity contribution in [1.82, 2.24) is 19.5 Å². The van der Waals surface area contributed by atoms with Crippen LogP contribution in [0.1, 0.15) is 62.1 Å². The number of benzene rings is 1. The first-order valence-corrected chi connectivity index (χ1v) is 9.81. The van der Waals surface area contributed by atoms with E-state index in [2.05, 4.69) is 10.1 Å². The van der Waals surface area contributed by atoms with Crippen molar-refractivity contribution in [2.75, 3.05) is 13.1 Å². The van der Waals surface area contributed by atoms with Gasteiger partial charge in [-0.25, -0.2) is 14.3 Å². The highest BCUT2D eigenvalue weighted by Gasteiger charge is 2.29. The minimum Gasteiger partial charge on any atom is -0.478 e. The molecule has 1 amide bonds. The van der Waals surface area contributed by atoms with Crippen molar-refractivity contribution >= 4 is 17.5 Å². The van der Waals surface area contributed by atoms with Crippen LogP contribution in [0.4, 0.5) is 0 Å². The number of carboxylic acid groups (broad SMARTS) is 1. The van der Waals surface area contributed by atoms with E-state index in [4.69, 9.17) is 5.11 Å². The zero-order chi connectivity index (χ0) is 20.7. The third kappa shape index (κ3) is 3.48. The summed E-state index contributed by atoms with van der Waals surface area (Å²) in [5.41, 5.74) is 5.01. The molecule has 0 spiro atoms. The molecule has 29 heavy (non-hydrogen) atoms. The van der Waals surface area contributed by atoms with Crippen LogP contribution in [0.2, 0.25) is 0 Å². The molecule has 3 aromatic rings. The summed E-state index contributed by atoms with van der Waals surface area (Å²) in [6.07, 6.45) is 1.88. The average Bonchev–Trinajstić information content (AvgIpc) is 3.04. The minimum absolute atomic E-state index is 0.0399. The number of fused-ring (bicyclic) bond motifs is 1. The Bertz CT molecular complexity index is 1100. The lowest BCUT2D eigenvalue weighted by Crippen LogP contribution is -2.39. The lowest BCUT2D eigenvalue weighted by atomic mass is 9.90. The number of carboxylic acids is 1. The van der Waals surface area contributed by atoms with Crippen LogP contribution in [0.3, 0.4) is 0 Å². The summed E-state index contributed by atoms with van der Waals surface area (Å²) in [7, 11) is 0. The number of likely N-dealkylation sites (tertiary alicyclic amines) is 1. The van der Waals surface area contributed by atoms with Crippen LogP contribution in [-0.2, 0) is 0 Å². The van der Waals surface area contributed by atoms with E-state index in [9.17, 15) is 9.59 Å². The van der Waals surface area contributed by atoms with Crippen molar-refractivity contribution in [3.63, 3.8) is 0 Å². The Morgan fingerprint density at radius 2 is 1.86 bits per heavy atom. The molecule has 0 radical (unpaired) electrons. The molecule has 1 aliphatic rings. The Balaban J connectivity index is 1.62. The third-order valence-corrected chi connectivity index (χ3v) is 5.62. The molecule has 7 nitrogen and oxygen atoms in total. The molecular weight excluding hydrogens is 368 g/mol. The summed E-state index contributed by atoms with van der Waals surface area (Å²) < 4.78 is 1.74. The van der Waals surface area contributed by atoms with Crippen LogP contribution in [0.25, 0.3) is 5.65 Å². The van der Waals surface area contributed by atoms with Crippen LogP contribution in [0.5, 0.6) is 0 Å². The molecule has 1 atom stereocenters. The highest BCUT2D eigenvalue weighted by molar-refractivity contribution is 6.01. The number of piperidine rings is 1. The van der Waals surface area contributed by atoms with Gasteiger partial charge in [-0.3, -0.25) is 4.79 Å². The SMILES string of the molecule is Cc1cc(C)n2nc(C)c(C(=O)N3CCC[C@@H](c4ccc(C(=O)O)cc4)C3)c2n1. The van der Waals surface area contributed by atoms with Crippen molar-refractivity contribution in [2.45, 2.75) is 39.5 Å². The van der Waals surface area contributed by atoms with E-state index in [-0.39, 0.29) is 17.4 Å². The fourth-order valence-corrected chi connectivity index (χ4v) is 4.17. The lowest BCUT2D eigenvalue weighted by molar-refractivity contribution is 0.0693. The highest BCUT2D eigenvalue weighted by atomic mass is 16.4. The Morgan fingerprint density at radius 1 is 1.14 bits per heavy atom. The molecule has 1 aliphatic heterocycles. The Labute approximate surface area is 169 Å². The maximum atomic E-state index is 13.4. The van der Waals surface area contributed by atoms with Crippen molar-refractivity contribution in [3.05, 3.63) is 64.1 Å². The first-order chi connectivity index (χ1) is 13.8. The van der Waals surface area contributed by atoms with Gasteiger partial charge in [-0.1, -0.05) is 12.1 Å². The molecule has 1 aromatic carbocycles. The van der Waals surface area contributed by atoms with Gasteiger partial charge in [0.2, 0.25) is 0 Å². The zero-order valence-electron chi connectivity index (χ0n) is 16.8. The molecule has 7 heteroatoms. The molecule has 0 saturated carbocycles. The summed E-state index contributed by atoms with van der Waals surface area (Å²) in [6.45, 7) is 7.03. The largest absolute Gasteiger partial charge is 0.478 e. The number of nitrogens with zero attached hydrogens (tertiary/aromatic N) is 4. The van der Waals surface area contributed by atoms with Crippen LogP contribution >= 0.6 is 0 Å². The predicted octanol–water partition coefficient (Wildman–Crippen LogP) is 3.37. The van der Waals surface area contributed by atoms with Gasteiger partial charge >= 0.3 is 5.97 Å². The molecule has 0 unspecified atom stereocenters. The van der Waals surface area contributed by atoms with E-state index >= 15 is 0 Å².